The molecule has 0 fully saturated rings. The molecule has 0 aliphatic rings. The van der Waals surface area contributed by atoms with Crippen molar-refractivity contribution in [3.05, 3.63) is 88.9 Å². The third-order valence-corrected chi connectivity index (χ3v) is 6.02. The van der Waals surface area contributed by atoms with E-state index in [1.165, 1.54) is 0 Å². The molecule has 5 nitrogen and oxygen atoms in total. The first-order valence-electron chi connectivity index (χ1n) is 9.67. The van der Waals surface area contributed by atoms with E-state index in [1.54, 1.807) is 55.3 Å². The van der Waals surface area contributed by atoms with Crippen LogP contribution in [0.3, 0.4) is 0 Å². The van der Waals surface area contributed by atoms with Crippen molar-refractivity contribution in [2.75, 3.05) is 17.7 Å². The van der Waals surface area contributed by atoms with Crippen LogP contribution < -0.4 is 15.4 Å². The summed E-state index contributed by atoms with van der Waals surface area (Å²) in [5.41, 5.74) is 2.82. The number of nitrogens with one attached hydrogen (secondary N) is 2. The maximum atomic E-state index is 12.5. The van der Waals surface area contributed by atoms with Crippen LogP contribution in [0.25, 0.3) is 0 Å². The highest BCUT2D eigenvalue weighted by Crippen LogP contribution is 2.24. The van der Waals surface area contributed by atoms with E-state index in [0.717, 1.165) is 5.56 Å². The summed E-state index contributed by atoms with van der Waals surface area (Å²) < 4.78 is 5.25. The van der Waals surface area contributed by atoms with Crippen LogP contribution >= 0.6 is 23.4 Å². The van der Waals surface area contributed by atoms with Gasteiger partial charge in [-0.05, 0) is 61.0 Å². The van der Waals surface area contributed by atoms with E-state index >= 15 is 0 Å². The van der Waals surface area contributed by atoms with E-state index in [1.807, 2.05) is 43.3 Å². The van der Waals surface area contributed by atoms with Gasteiger partial charge in [-0.1, -0.05) is 35.9 Å². The van der Waals surface area contributed by atoms with E-state index in [4.69, 9.17) is 16.3 Å². The molecule has 0 saturated heterocycles. The Hall–Kier alpha value is -2.96. The van der Waals surface area contributed by atoms with Crippen LogP contribution in [0.4, 0.5) is 11.4 Å². The van der Waals surface area contributed by atoms with Gasteiger partial charge in [-0.2, -0.15) is 0 Å². The number of rotatable bonds is 8. The lowest BCUT2D eigenvalue weighted by molar-refractivity contribution is -0.115. The third-order valence-electron chi connectivity index (χ3n) is 4.55. The molecule has 1 unspecified atom stereocenters. The number of hydrogen-bond donors (Lipinski definition) is 2. The largest absolute Gasteiger partial charge is 0.495 e. The Morgan fingerprint density at radius 3 is 2.32 bits per heavy atom. The zero-order valence-electron chi connectivity index (χ0n) is 17.2. The van der Waals surface area contributed by atoms with Gasteiger partial charge >= 0.3 is 0 Å². The average molecular weight is 455 g/mol. The van der Waals surface area contributed by atoms with Crippen molar-refractivity contribution >= 4 is 46.6 Å². The van der Waals surface area contributed by atoms with E-state index in [9.17, 15) is 9.59 Å². The summed E-state index contributed by atoms with van der Waals surface area (Å²) >= 11 is 7.44. The average Bonchev–Trinajstić information content (AvgIpc) is 2.79. The summed E-state index contributed by atoms with van der Waals surface area (Å²) in [5.74, 6) is 0.956. The SMILES string of the molecule is COc1ccccc1NC(=O)c1ccc(NC(=O)C(C)SCc2ccc(Cl)cc2)cc1. The Morgan fingerprint density at radius 1 is 0.968 bits per heavy atom. The predicted molar refractivity (Wildman–Crippen MR) is 128 cm³/mol. The van der Waals surface area contributed by atoms with Gasteiger partial charge in [-0.25, -0.2) is 0 Å². The van der Waals surface area contributed by atoms with Gasteiger partial charge in [0.05, 0.1) is 18.0 Å². The second-order valence-corrected chi connectivity index (χ2v) is 8.57. The third kappa shape index (κ3) is 6.51. The number of ether oxygens (including phenoxy) is 1. The van der Waals surface area contributed by atoms with E-state index in [2.05, 4.69) is 10.6 Å². The van der Waals surface area contributed by atoms with Gasteiger partial charge in [0.25, 0.3) is 5.91 Å². The van der Waals surface area contributed by atoms with Crippen molar-refractivity contribution in [1.82, 2.24) is 0 Å². The van der Waals surface area contributed by atoms with Gasteiger partial charge in [0, 0.05) is 22.0 Å². The second kappa shape index (κ2) is 10.9. The lowest BCUT2D eigenvalue weighted by Gasteiger charge is -2.13. The molecule has 0 spiro atoms. The maximum absolute atomic E-state index is 12.5. The Balaban J connectivity index is 1.53. The van der Waals surface area contributed by atoms with Crippen LogP contribution in [-0.4, -0.2) is 24.2 Å². The highest BCUT2D eigenvalue weighted by molar-refractivity contribution is 7.99. The highest BCUT2D eigenvalue weighted by Gasteiger charge is 2.14. The number of para-hydroxylation sites is 2. The summed E-state index contributed by atoms with van der Waals surface area (Å²) in [6.07, 6.45) is 0. The van der Waals surface area contributed by atoms with Crippen molar-refractivity contribution < 1.29 is 14.3 Å². The molecule has 2 N–H and O–H groups in total. The molecule has 2 amide bonds. The molecule has 0 bridgehead atoms. The van der Waals surface area contributed by atoms with Gasteiger partial charge in [0.1, 0.15) is 5.75 Å². The Kier molecular flexibility index (Phi) is 7.98. The number of thioether (sulfide) groups is 1. The summed E-state index contributed by atoms with van der Waals surface area (Å²) in [5, 5.41) is 6.18. The van der Waals surface area contributed by atoms with Crippen LogP contribution in [0.5, 0.6) is 5.75 Å². The molecule has 31 heavy (non-hydrogen) atoms. The molecular formula is C24H23ClN2O3S. The summed E-state index contributed by atoms with van der Waals surface area (Å²) in [7, 11) is 1.55. The van der Waals surface area contributed by atoms with Gasteiger partial charge in [-0.3, -0.25) is 9.59 Å². The molecule has 3 rings (SSSR count). The zero-order valence-corrected chi connectivity index (χ0v) is 18.8. The van der Waals surface area contributed by atoms with Crippen LogP contribution in [0.15, 0.2) is 72.8 Å². The second-order valence-electron chi connectivity index (χ2n) is 6.80. The van der Waals surface area contributed by atoms with E-state index in [0.29, 0.717) is 33.5 Å². The molecule has 0 heterocycles. The molecule has 160 valence electrons. The molecule has 1 atom stereocenters. The minimum Gasteiger partial charge on any atom is -0.495 e. The zero-order chi connectivity index (χ0) is 22.2. The van der Waals surface area contributed by atoms with E-state index < -0.39 is 0 Å². The standard InChI is InChI=1S/C24H23ClN2O3S/c1-16(31-15-17-7-11-19(25)12-8-17)23(28)26-20-13-9-18(10-14-20)24(29)27-21-5-3-4-6-22(21)30-2/h3-14,16H,15H2,1-2H3,(H,26,28)(H,27,29). The van der Waals surface area contributed by atoms with Crippen LogP contribution in [0, 0.1) is 0 Å². The normalized spacial score (nSPS) is 11.5. The minimum absolute atomic E-state index is 0.0924. The van der Waals surface area contributed by atoms with Crippen molar-refractivity contribution in [1.29, 1.82) is 0 Å². The smallest absolute Gasteiger partial charge is 0.255 e. The van der Waals surface area contributed by atoms with Gasteiger partial charge in [0.15, 0.2) is 0 Å². The van der Waals surface area contributed by atoms with Crippen molar-refractivity contribution in [2.45, 2.75) is 17.9 Å². The molecule has 7 heteroatoms. The molecular weight excluding hydrogens is 432 g/mol. The fraction of sp³-hybridized carbons (Fsp3) is 0.167. The molecule has 3 aromatic carbocycles. The van der Waals surface area contributed by atoms with Crippen molar-refractivity contribution in [3.63, 3.8) is 0 Å². The van der Waals surface area contributed by atoms with Gasteiger partial charge < -0.3 is 15.4 Å². The number of benzene rings is 3. The first kappa shape index (κ1) is 22.7. The Labute approximate surface area is 191 Å². The minimum atomic E-state index is -0.255. The van der Waals surface area contributed by atoms with Gasteiger partial charge in [0.2, 0.25) is 5.91 Å². The lowest BCUT2D eigenvalue weighted by Crippen LogP contribution is -2.22. The molecule has 0 aliphatic carbocycles. The van der Waals surface area contributed by atoms with Gasteiger partial charge in [-0.15, -0.1) is 11.8 Å². The number of hydrogen-bond acceptors (Lipinski definition) is 4. The van der Waals surface area contributed by atoms with Crippen molar-refractivity contribution in [3.8, 4) is 5.75 Å². The Morgan fingerprint density at radius 2 is 1.65 bits per heavy atom. The lowest BCUT2D eigenvalue weighted by atomic mass is 10.2. The first-order valence-corrected chi connectivity index (χ1v) is 11.1. The highest BCUT2D eigenvalue weighted by atomic mass is 35.5. The predicted octanol–water partition coefficient (Wildman–Crippen LogP) is 5.86. The fourth-order valence-corrected chi connectivity index (χ4v) is 3.74. The van der Waals surface area contributed by atoms with Crippen LogP contribution in [-0.2, 0) is 10.5 Å². The van der Waals surface area contributed by atoms with Crippen molar-refractivity contribution in [2.24, 2.45) is 0 Å². The number of anilines is 2. The van der Waals surface area contributed by atoms with Crippen LogP contribution in [0.1, 0.15) is 22.8 Å². The molecule has 0 aromatic heterocycles. The Bertz CT molecular complexity index is 1040. The maximum Gasteiger partial charge on any atom is 0.255 e. The molecule has 0 saturated carbocycles. The summed E-state index contributed by atoms with van der Waals surface area (Å²) in [6.45, 7) is 1.87. The number of carbonyl (C=O) groups is 2. The van der Waals surface area contributed by atoms with E-state index in [-0.39, 0.29) is 17.1 Å². The first-order chi connectivity index (χ1) is 15.0. The fourth-order valence-electron chi connectivity index (χ4n) is 2.77. The quantitative estimate of drug-likeness (QED) is 0.447. The number of methoxy groups -OCH3 is 1. The molecule has 3 aromatic rings. The van der Waals surface area contributed by atoms with Crippen LogP contribution in [0.2, 0.25) is 5.02 Å². The molecule has 0 radical (unpaired) electrons. The number of carbonyl (C=O) groups excluding carboxylic acids is 2. The molecule has 0 aliphatic heterocycles. The number of amides is 2. The summed E-state index contributed by atoms with van der Waals surface area (Å²) in [6, 6.07) is 21.6. The monoisotopic (exact) mass is 454 g/mol. The summed E-state index contributed by atoms with van der Waals surface area (Å²) in [4.78, 5) is 25.0. The topological polar surface area (TPSA) is 67.4 Å². The number of halogens is 1.